The van der Waals surface area contributed by atoms with Gasteiger partial charge in [0.05, 0.1) is 6.54 Å². The van der Waals surface area contributed by atoms with E-state index in [9.17, 15) is 31.4 Å². The van der Waals surface area contributed by atoms with Crippen molar-refractivity contribution >= 4 is 28.6 Å². The van der Waals surface area contributed by atoms with E-state index < -0.39 is 29.2 Å². The molecule has 24 heavy (non-hydrogen) atoms. The SMILES string of the molecule is OC(c1ccccc1NCc1cnc(Cl)s1)(C(F)(F)F)C(F)(F)F. The van der Waals surface area contributed by atoms with Crippen molar-refractivity contribution in [3.63, 3.8) is 0 Å². The fourth-order valence-corrected chi connectivity index (χ4v) is 2.88. The average Bonchev–Trinajstić information content (AvgIpc) is 2.88. The molecule has 0 aliphatic heterocycles. The van der Waals surface area contributed by atoms with Crippen LogP contribution in [0.25, 0.3) is 0 Å². The van der Waals surface area contributed by atoms with Gasteiger partial charge in [0, 0.05) is 22.3 Å². The molecule has 1 heterocycles. The van der Waals surface area contributed by atoms with Gasteiger partial charge in [-0.25, -0.2) is 4.98 Å². The summed E-state index contributed by atoms with van der Waals surface area (Å²) in [5.41, 5.74) is -6.82. The van der Waals surface area contributed by atoms with Crippen molar-refractivity contribution in [2.24, 2.45) is 0 Å². The molecule has 0 amide bonds. The van der Waals surface area contributed by atoms with E-state index in [1.807, 2.05) is 0 Å². The lowest BCUT2D eigenvalue weighted by Gasteiger charge is -2.34. The largest absolute Gasteiger partial charge is 0.430 e. The number of alkyl halides is 6. The standard InChI is InChI=1S/C13H9ClF6N2OS/c14-10-22-6-7(24-10)5-21-9-4-2-1-3-8(9)11(23,12(15,16)17)13(18,19)20/h1-4,6,21,23H,5H2. The molecule has 11 heteroatoms. The zero-order chi connectivity index (χ0) is 18.2. The minimum atomic E-state index is -5.95. The van der Waals surface area contributed by atoms with Gasteiger partial charge in [-0.2, -0.15) is 26.3 Å². The molecule has 0 unspecified atom stereocenters. The molecule has 0 bridgehead atoms. The van der Waals surface area contributed by atoms with Crippen LogP contribution in [0, 0.1) is 0 Å². The van der Waals surface area contributed by atoms with Crippen molar-refractivity contribution < 1.29 is 31.4 Å². The number of rotatable bonds is 4. The lowest BCUT2D eigenvalue weighted by Crippen LogP contribution is -2.54. The van der Waals surface area contributed by atoms with Crippen LogP contribution in [0.1, 0.15) is 10.4 Å². The van der Waals surface area contributed by atoms with Crippen LogP contribution in [-0.4, -0.2) is 22.4 Å². The third-order valence-corrected chi connectivity index (χ3v) is 4.23. The van der Waals surface area contributed by atoms with Crippen LogP contribution in [0.3, 0.4) is 0 Å². The molecule has 2 N–H and O–H groups in total. The zero-order valence-electron chi connectivity index (χ0n) is 11.5. The predicted molar refractivity (Wildman–Crippen MR) is 76.9 cm³/mol. The number of hydrogen-bond acceptors (Lipinski definition) is 4. The number of benzene rings is 1. The summed E-state index contributed by atoms with van der Waals surface area (Å²) in [5, 5.41) is 12.0. The molecule has 1 aromatic carbocycles. The first-order chi connectivity index (χ1) is 11.0. The summed E-state index contributed by atoms with van der Waals surface area (Å²) in [7, 11) is 0. The number of thiazole rings is 1. The summed E-state index contributed by atoms with van der Waals surface area (Å²) in [6, 6.07) is 3.81. The number of aromatic nitrogens is 1. The van der Waals surface area contributed by atoms with Gasteiger partial charge in [-0.3, -0.25) is 0 Å². The average molecular weight is 391 g/mol. The second-order valence-electron chi connectivity index (χ2n) is 4.68. The lowest BCUT2D eigenvalue weighted by molar-refractivity contribution is -0.376. The van der Waals surface area contributed by atoms with Crippen molar-refractivity contribution in [1.82, 2.24) is 4.98 Å². The number of nitrogens with zero attached hydrogens (tertiary/aromatic N) is 1. The van der Waals surface area contributed by atoms with E-state index >= 15 is 0 Å². The second kappa shape index (κ2) is 6.41. The van der Waals surface area contributed by atoms with Gasteiger partial charge < -0.3 is 10.4 Å². The zero-order valence-corrected chi connectivity index (χ0v) is 13.1. The number of aliphatic hydroxyl groups is 1. The fraction of sp³-hybridized carbons (Fsp3) is 0.308. The monoisotopic (exact) mass is 390 g/mol. The van der Waals surface area contributed by atoms with Gasteiger partial charge in [0.15, 0.2) is 4.47 Å². The first kappa shape index (κ1) is 18.8. The Balaban J connectivity index is 2.42. The molecular formula is C13H9ClF6N2OS. The van der Waals surface area contributed by atoms with E-state index in [0.29, 0.717) is 10.9 Å². The summed E-state index contributed by atoms with van der Waals surface area (Å²) in [6.45, 7) is -0.104. The minimum Gasteiger partial charge on any atom is -0.380 e. The molecule has 0 aliphatic carbocycles. The first-order valence-corrected chi connectivity index (χ1v) is 7.45. The van der Waals surface area contributed by atoms with Crippen LogP contribution in [-0.2, 0) is 12.1 Å². The molecule has 0 fully saturated rings. The molecule has 3 nitrogen and oxygen atoms in total. The highest BCUT2D eigenvalue weighted by atomic mass is 35.5. The van der Waals surface area contributed by atoms with Crippen molar-refractivity contribution in [2.75, 3.05) is 5.32 Å². The molecule has 0 atom stereocenters. The van der Waals surface area contributed by atoms with E-state index in [1.165, 1.54) is 12.3 Å². The van der Waals surface area contributed by atoms with Crippen LogP contribution in [0.5, 0.6) is 0 Å². The third kappa shape index (κ3) is 3.45. The number of para-hydroxylation sites is 1. The van der Waals surface area contributed by atoms with Gasteiger partial charge in [-0.15, -0.1) is 11.3 Å². The topological polar surface area (TPSA) is 45.1 Å². The maximum absolute atomic E-state index is 13.0. The maximum Gasteiger partial charge on any atom is 0.430 e. The van der Waals surface area contributed by atoms with E-state index in [1.54, 1.807) is 0 Å². The smallest absolute Gasteiger partial charge is 0.380 e. The Hall–Kier alpha value is -1.52. The Morgan fingerprint density at radius 2 is 1.67 bits per heavy atom. The summed E-state index contributed by atoms with van der Waals surface area (Å²) < 4.78 is 78.2. The highest BCUT2D eigenvalue weighted by Crippen LogP contribution is 2.51. The Morgan fingerprint density at radius 3 is 2.17 bits per heavy atom. The van der Waals surface area contributed by atoms with E-state index in [0.717, 1.165) is 23.5 Å². The summed E-state index contributed by atoms with van der Waals surface area (Å²) in [5.74, 6) is 0. The molecular weight excluding hydrogens is 382 g/mol. The molecule has 0 aliphatic rings. The number of halogens is 7. The van der Waals surface area contributed by atoms with Gasteiger partial charge in [0.2, 0.25) is 0 Å². The predicted octanol–water partition coefficient (Wildman–Crippen LogP) is 4.72. The summed E-state index contributed by atoms with van der Waals surface area (Å²) in [6.07, 6.45) is -10.6. The van der Waals surface area contributed by atoms with Crippen LogP contribution < -0.4 is 5.32 Å². The van der Waals surface area contributed by atoms with Crippen LogP contribution >= 0.6 is 22.9 Å². The van der Waals surface area contributed by atoms with Crippen LogP contribution in [0.4, 0.5) is 32.0 Å². The highest BCUT2D eigenvalue weighted by molar-refractivity contribution is 7.15. The Kier molecular flexibility index (Phi) is 5.03. The number of nitrogens with one attached hydrogen (secondary N) is 1. The Labute approximate surface area is 140 Å². The Bertz CT molecular complexity index is 701. The summed E-state index contributed by atoms with van der Waals surface area (Å²) >= 11 is 6.62. The van der Waals surface area contributed by atoms with Gasteiger partial charge >= 0.3 is 12.4 Å². The third-order valence-electron chi connectivity index (χ3n) is 3.12. The Morgan fingerprint density at radius 1 is 1.08 bits per heavy atom. The molecule has 1 aromatic heterocycles. The fourth-order valence-electron chi connectivity index (χ4n) is 1.97. The van der Waals surface area contributed by atoms with E-state index in [2.05, 4.69) is 10.3 Å². The van der Waals surface area contributed by atoms with Crippen LogP contribution in [0.2, 0.25) is 4.47 Å². The summed E-state index contributed by atoms with van der Waals surface area (Å²) in [4.78, 5) is 4.21. The molecule has 0 radical (unpaired) electrons. The molecule has 0 saturated carbocycles. The van der Waals surface area contributed by atoms with Crippen molar-refractivity contribution in [3.05, 3.63) is 45.4 Å². The normalized spacial score (nSPS) is 13.2. The van der Waals surface area contributed by atoms with E-state index in [-0.39, 0.29) is 11.0 Å². The number of anilines is 1. The molecule has 2 aromatic rings. The molecule has 2 rings (SSSR count). The van der Waals surface area contributed by atoms with Gasteiger partial charge in [0.1, 0.15) is 0 Å². The van der Waals surface area contributed by atoms with Crippen molar-refractivity contribution in [1.29, 1.82) is 0 Å². The maximum atomic E-state index is 13.0. The second-order valence-corrected chi connectivity index (χ2v) is 6.38. The van der Waals surface area contributed by atoms with Gasteiger partial charge in [-0.1, -0.05) is 29.8 Å². The van der Waals surface area contributed by atoms with Crippen molar-refractivity contribution in [3.8, 4) is 0 Å². The van der Waals surface area contributed by atoms with Gasteiger partial charge in [-0.05, 0) is 6.07 Å². The van der Waals surface area contributed by atoms with Gasteiger partial charge in [0.25, 0.3) is 5.60 Å². The molecule has 0 saturated heterocycles. The molecule has 0 spiro atoms. The highest BCUT2D eigenvalue weighted by Gasteiger charge is 2.72. The quantitative estimate of drug-likeness (QED) is 0.742. The minimum absolute atomic E-state index is 0.104. The first-order valence-electron chi connectivity index (χ1n) is 6.26. The molecule has 132 valence electrons. The number of hydrogen-bond donors (Lipinski definition) is 2. The van der Waals surface area contributed by atoms with Crippen molar-refractivity contribution in [2.45, 2.75) is 24.5 Å². The van der Waals surface area contributed by atoms with E-state index in [4.69, 9.17) is 11.6 Å². The van der Waals surface area contributed by atoms with Crippen LogP contribution in [0.15, 0.2) is 30.5 Å². The lowest BCUT2D eigenvalue weighted by atomic mass is 9.90.